The number of nitrogens with zero attached hydrogens (tertiary/aromatic N) is 1. The van der Waals surface area contributed by atoms with Crippen LogP contribution in [0.15, 0.2) is 72.9 Å². The second kappa shape index (κ2) is 9.40. The Bertz CT molecular complexity index is 1650. The van der Waals surface area contributed by atoms with Crippen molar-refractivity contribution in [3.8, 4) is 34.1 Å². The number of carbonyl (C=O) groups excluding carboxylic acids is 1. The van der Waals surface area contributed by atoms with Crippen molar-refractivity contribution >= 4 is 39.2 Å². The lowest BCUT2D eigenvalue weighted by atomic mass is 9.92. The molecule has 0 unspecified atom stereocenters. The monoisotopic (exact) mass is 498 g/mol. The number of pyridine rings is 1. The number of carbonyl (C=O) groups is 1. The molecule has 1 heterocycles. The first-order valence-corrected chi connectivity index (χ1v) is 11.6. The number of ether oxygens (including phenoxy) is 3. The maximum Gasteiger partial charge on any atom is 0.249 e. The Morgan fingerprint density at radius 1 is 0.861 bits per heavy atom. The predicted molar refractivity (Wildman–Crippen MR) is 143 cm³/mol. The summed E-state index contributed by atoms with van der Waals surface area (Å²) in [5.41, 5.74) is 9.32. The predicted octanol–water partition coefficient (Wildman–Crippen LogP) is 6.93. The van der Waals surface area contributed by atoms with Crippen LogP contribution in [-0.4, -0.2) is 25.1 Å². The van der Waals surface area contributed by atoms with Crippen LogP contribution < -0.4 is 19.9 Å². The molecular formula is C29H23ClN2O4. The van der Waals surface area contributed by atoms with E-state index in [0.29, 0.717) is 44.7 Å². The number of fused-ring (bicyclic) bond motifs is 2. The number of aromatic nitrogens is 1. The highest BCUT2D eigenvalue weighted by Gasteiger charge is 2.17. The minimum atomic E-state index is -0.518. The van der Waals surface area contributed by atoms with Crippen LogP contribution in [-0.2, 0) is 0 Å². The third kappa shape index (κ3) is 4.16. The van der Waals surface area contributed by atoms with Crippen LogP contribution in [0.1, 0.15) is 15.9 Å². The first-order valence-electron chi connectivity index (χ1n) is 11.2. The maximum atomic E-state index is 12.4. The molecule has 1 amide bonds. The van der Waals surface area contributed by atoms with E-state index in [1.54, 1.807) is 38.6 Å². The number of amides is 1. The molecule has 2 N–H and O–H groups in total. The number of methoxy groups -OCH3 is 2. The quantitative estimate of drug-likeness (QED) is 0.274. The average molecular weight is 499 g/mol. The fourth-order valence-corrected chi connectivity index (χ4v) is 4.47. The topological polar surface area (TPSA) is 83.7 Å². The van der Waals surface area contributed by atoms with E-state index >= 15 is 0 Å². The SMILES string of the molecule is COc1cc2nccc(Oc3ccc4ccc(C(N)=O)c(-c5ccc(C)c(Cl)c5)c4c3)c2cc1OC. The van der Waals surface area contributed by atoms with Crippen LogP contribution >= 0.6 is 11.6 Å². The number of nitrogens with two attached hydrogens (primary N) is 1. The van der Waals surface area contributed by atoms with Crippen LogP contribution in [0, 0.1) is 6.92 Å². The van der Waals surface area contributed by atoms with Crippen LogP contribution in [0.4, 0.5) is 0 Å². The summed E-state index contributed by atoms with van der Waals surface area (Å²) in [6, 6.07) is 20.5. The second-order valence-electron chi connectivity index (χ2n) is 8.33. The van der Waals surface area contributed by atoms with Gasteiger partial charge in [0.1, 0.15) is 11.5 Å². The number of halogens is 1. The van der Waals surface area contributed by atoms with E-state index < -0.39 is 5.91 Å². The van der Waals surface area contributed by atoms with Gasteiger partial charge in [0.05, 0.1) is 19.7 Å². The lowest BCUT2D eigenvalue weighted by Gasteiger charge is -2.15. The molecule has 180 valence electrons. The van der Waals surface area contributed by atoms with Gasteiger partial charge in [-0.2, -0.15) is 0 Å². The summed E-state index contributed by atoms with van der Waals surface area (Å²) in [4.78, 5) is 16.8. The smallest absolute Gasteiger partial charge is 0.249 e. The highest BCUT2D eigenvalue weighted by molar-refractivity contribution is 6.31. The molecule has 0 saturated carbocycles. The Kier molecular flexibility index (Phi) is 6.12. The van der Waals surface area contributed by atoms with Gasteiger partial charge in [0.25, 0.3) is 0 Å². The van der Waals surface area contributed by atoms with Crippen molar-refractivity contribution in [2.75, 3.05) is 14.2 Å². The van der Waals surface area contributed by atoms with Crippen molar-refractivity contribution in [2.24, 2.45) is 5.73 Å². The average Bonchev–Trinajstić information content (AvgIpc) is 2.88. The molecule has 0 spiro atoms. The van der Waals surface area contributed by atoms with Gasteiger partial charge in [0.2, 0.25) is 5.91 Å². The molecule has 36 heavy (non-hydrogen) atoms. The Hall–Kier alpha value is -4.29. The summed E-state index contributed by atoms with van der Waals surface area (Å²) in [5.74, 6) is 1.83. The zero-order valence-corrected chi connectivity index (χ0v) is 20.7. The molecule has 5 aromatic rings. The molecular weight excluding hydrogens is 476 g/mol. The molecule has 7 heteroatoms. The van der Waals surface area contributed by atoms with Crippen LogP contribution in [0.2, 0.25) is 5.02 Å². The fraction of sp³-hybridized carbons (Fsp3) is 0.103. The number of rotatable bonds is 6. The first kappa shape index (κ1) is 23.5. The van der Waals surface area contributed by atoms with Crippen molar-refractivity contribution in [3.05, 3.63) is 89.1 Å². The summed E-state index contributed by atoms with van der Waals surface area (Å²) in [5, 5.41) is 3.14. The van der Waals surface area contributed by atoms with E-state index in [9.17, 15) is 4.79 Å². The van der Waals surface area contributed by atoms with Gasteiger partial charge >= 0.3 is 0 Å². The third-order valence-corrected chi connectivity index (χ3v) is 6.56. The zero-order chi connectivity index (χ0) is 25.4. The first-order chi connectivity index (χ1) is 17.4. The normalized spacial score (nSPS) is 11.0. The molecule has 0 saturated heterocycles. The van der Waals surface area contributed by atoms with Gasteiger partial charge in [-0.3, -0.25) is 9.78 Å². The van der Waals surface area contributed by atoms with Crippen molar-refractivity contribution < 1.29 is 19.0 Å². The molecule has 5 rings (SSSR count). The van der Waals surface area contributed by atoms with E-state index in [0.717, 1.165) is 27.3 Å². The number of aryl methyl sites for hydroxylation is 1. The van der Waals surface area contributed by atoms with E-state index in [1.165, 1.54) is 0 Å². The molecule has 0 radical (unpaired) electrons. The highest BCUT2D eigenvalue weighted by Crippen LogP contribution is 2.39. The number of primary amides is 1. The minimum Gasteiger partial charge on any atom is -0.493 e. The summed E-state index contributed by atoms with van der Waals surface area (Å²) in [6.07, 6.45) is 1.68. The van der Waals surface area contributed by atoms with E-state index in [1.807, 2.05) is 55.5 Å². The fourth-order valence-electron chi connectivity index (χ4n) is 4.29. The van der Waals surface area contributed by atoms with Gasteiger partial charge in [-0.15, -0.1) is 0 Å². The Balaban J connectivity index is 1.67. The van der Waals surface area contributed by atoms with Crippen molar-refractivity contribution in [1.29, 1.82) is 0 Å². The Morgan fingerprint density at radius 3 is 2.33 bits per heavy atom. The molecule has 1 aromatic heterocycles. The molecule has 4 aromatic carbocycles. The summed E-state index contributed by atoms with van der Waals surface area (Å²) in [7, 11) is 3.16. The van der Waals surface area contributed by atoms with E-state index in [4.69, 9.17) is 31.5 Å². The molecule has 0 atom stereocenters. The van der Waals surface area contributed by atoms with Crippen molar-refractivity contribution in [3.63, 3.8) is 0 Å². The van der Waals surface area contributed by atoms with Gasteiger partial charge in [-0.25, -0.2) is 0 Å². The minimum absolute atomic E-state index is 0.408. The number of hydrogen-bond acceptors (Lipinski definition) is 5. The van der Waals surface area contributed by atoms with E-state index in [-0.39, 0.29) is 0 Å². The number of benzene rings is 4. The van der Waals surface area contributed by atoms with Gasteiger partial charge in [0, 0.05) is 33.8 Å². The standard InChI is InChI=1S/C29H23ClN2O4/c1-16-4-5-18(12-23(16)30)28-20(29(31)33)9-7-17-6-8-19(13-21(17)28)36-25-10-11-32-24-15-27(35-3)26(34-2)14-22(24)25/h4-15H,1-3H3,(H2,31,33). The highest BCUT2D eigenvalue weighted by atomic mass is 35.5. The molecule has 0 aliphatic heterocycles. The molecule has 6 nitrogen and oxygen atoms in total. The largest absolute Gasteiger partial charge is 0.493 e. The summed E-state index contributed by atoms with van der Waals surface area (Å²) >= 11 is 6.42. The molecule has 0 aliphatic carbocycles. The van der Waals surface area contributed by atoms with Crippen LogP contribution in [0.3, 0.4) is 0 Å². The lowest BCUT2D eigenvalue weighted by molar-refractivity contribution is 0.100. The van der Waals surface area contributed by atoms with E-state index in [2.05, 4.69) is 4.98 Å². The van der Waals surface area contributed by atoms with Crippen LogP contribution in [0.5, 0.6) is 23.0 Å². The summed E-state index contributed by atoms with van der Waals surface area (Å²) < 4.78 is 17.2. The maximum absolute atomic E-state index is 12.4. The summed E-state index contributed by atoms with van der Waals surface area (Å²) in [6.45, 7) is 1.93. The van der Waals surface area contributed by atoms with Crippen molar-refractivity contribution in [2.45, 2.75) is 6.92 Å². The zero-order valence-electron chi connectivity index (χ0n) is 20.0. The van der Waals surface area contributed by atoms with Crippen LogP contribution in [0.25, 0.3) is 32.8 Å². The second-order valence-corrected chi connectivity index (χ2v) is 8.74. The van der Waals surface area contributed by atoms with Gasteiger partial charge in [-0.05, 0) is 65.2 Å². The molecule has 0 aliphatic rings. The lowest BCUT2D eigenvalue weighted by Crippen LogP contribution is -2.12. The number of hydrogen-bond donors (Lipinski definition) is 1. The Morgan fingerprint density at radius 2 is 1.61 bits per heavy atom. The van der Waals surface area contributed by atoms with Gasteiger partial charge in [-0.1, -0.05) is 35.9 Å². The van der Waals surface area contributed by atoms with Gasteiger partial charge < -0.3 is 19.9 Å². The molecule has 0 bridgehead atoms. The Labute approximate surface area is 213 Å². The van der Waals surface area contributed by atoms with Gasteiger partial charge in [0.15, 0.2) is 11.5 Å². The third-order valence-electron chi connectivity index (χ3n) is 6.15. The molecule has 0 fully saturated rings. The van der Waals surface area contributed by atoms with Crippen molar-refractivity contribution in [1.82, 2.24) is 4.98 Å².